The molecule has 110 valence electrons. The zero-order valence-corrected chi connectivity index (χ0v) is 12.5. The zero-order valence-electron chi connectivity index (χ0n) is 11.7. The molecule has 1 aliphatic carbocycles. The molecule has 0 unspecified atom stereocenters. The van der Waals surface area contributed by atoms with Gasteiger partial charge in [-0.05, 0) is 37.1 Å². The first-order chi connectivity index (χ1) is 10.3. The van der Waals surface area contributed by atoms with Crippen LogP contribution in [-0.4, -0.2) is 21.2 Å². The highest BCUT2D eigenvalue weighted by atomic mass is 35.5. The average Bonchev–Trinajstić information content (AvgIpc) is 2.51. The van der Waals surface area contributed by atoms with Crippen LogP contribution in [0.15, 0.2) is 30.5 Å². The molecule has 0 spiro atoms. The predicted molar refractivity (Wildman–Crippen MR) is 85.1 cm³/mol. The second-order valence-electron chi connectivity index (χ2n) is 5.28. The molecule has 0 atom stereocenters. The second kappa shape index (κ2) is 6.72. The maximum Gasteiger partial charge on any atom is 0.244 e. The minimum absolute atomic E-state index is 0.464. The van der Waals surface area contributed by atoms with Crippen molar-refractivity contribution in [1.82, 2.24) is 15.2 Å². The summed E-state index contributed by atoms with van der Waals surface area (Å²) in [6.07, 6.45) is 7.84. The summed E-state index contributed by atoms with van der Waals surface area (Å²) in [4.78, 5) is 4.46. The fraction of sp³-hybridized carbons (Fsp3) is 0.400. The summed E-state index contributed by atoms with van der Waals surface area (Å²) < 4.78 is 0. The Morgan fingerprint density at radius 3 is 2.57 bits per heavy atom. The van der Waals surface area contributed by atoms with Crippen LogP contribution in [0.1, 0.15) is 32.1 Å². The molecule has 0 bridgehead atoms. The number of benzene rings is 1. The quantitative estimate of drug-likeness (QED) is 0.893. The van der Waals surface area contributed by atoms with Crippen molar-refractivity contribution < 1.29 is 0 Å². The van der Waals surface area contributed by atoms with E-state index in [1.165, 1.54) is 32.1 Å². The van der Waals surface area contributed by atoms with Crippen molar-refractivity contribution in [3.05, 3.63) is 35.5 Å². The number of nitrogens with one attached hydrogen (secondary N) is 2. The molecule has 1 aliphatic rings. The van der Waals surface area contributed by atoms with Crippen LogP contribution in [-0.2, 0) is 0 Å². The fourth-order valence-corrected chi connectivity index (χ4v) is 2.66. The van der Waals surface area contributed by atoms with Crippen LogP contribution in [0.2, 0.25) is 5.02 Å². The minimum atomic E-state index is 0.464. The number of nitrogens with zero attached hydrogens (tertiary/aromatic N) is 3. The third-order valence-corrected chi connectivity index (χ3v) is 3.87. The van der Waals surface area contributed by atoms with Crippen molar-refractivity contribution in [2.75, 3.05) is 10.6 Å². The number of aromatic nitrogens is 3. The molecule has 2 N–H and O–H groups in total. The maximum atomic E-state index is 5.87. The molecule has 1 aromatic heterocycles. The van der Waals surface area contributed by atoms with E-state index >= 15 is 0 Å². The lowest BCUT2D eigenvalue weighted by molar-refractivity contribution is 0.460. The van der Waals surface area contributed by atoms with Crippen LogP contribution in [0.25, 0.3) is 0 Å². The van der Waals surface area contributed by atoms with E-state index in [1.807, 2.05) is 24.3 Å². The lowest BCUT2D eigenvalue weighted by atomic mass is 9.96. The smallest absolute Gasteiger partial charge is 0.244 e. The summed E-state index contributed by atoms with van der Waals surface area (Å²) in [5, 5.41) is 15.3. The molecule has 1 aromatic carbocycles. The lowest BCUT2D eigenvalue weighted by Crippen LogP contribution is -2.23. The van der Waals surface area contributed by atoms with E-state index in [2.05, 4.69) is 25.8 Å². The van der Waals surface area contributed by atoms with Crippen LogP contribution in [0.3, 0.4) is 0 Å². The molecule has 0 saturated heterocycles. The highest BCUT2D eigenvalue weighted by Crippen LogP contribution is 2.21. The van der Waals surface area contributed by atoms with Gasteiger partial charge in [-0.15, -0.1) is 5.10 Å². The molecule has 1 saturated carbocycles. The van der Waals surface area contributed by atoms with Crippen molar-refractivity contribution in [1.29, 1.82) is 0 Å². The lowest BCUT2D eigenvalue weighted by Gasteiger charge is -2.22. The van der Waals surface area contributed by atoms with Gasteiger partial charge in [-0.3, -0.25) is 0 Å². The van der Waals surface area contributed by atoms with Crippen LogP contribution in [0.5, 0.6) is 0 Å². The SMILES string of the molecule is Clc1ccc(Nc2cnnc(NC3CCCCC3)n2)cc1. The molecule has 5 nitrogen and oxygen atoms in total. The summed E-state index contributed by atoms with van der Waals surface area (Å²) in [6, 6.07) is 7.93. The fourth-order valence-electron chi connectivity index (χ4n) is 2.54. The van der Waals surface area contributed by atoms with Crippen LogP contribution < -0.4 is 10.6 Å². The number of rotatable bonds is 4. The Morgan fingerprint density at radius 2 is 1.81 bits per heavy atom. The van der Waals surface area contributed by atoms with Crippen LogP contribution in [0, 0.1) is 0 Å². The van der Waals surface area contributed by atoms with Gasteiger partial charge in [-0.2, -0.15) is 10.1 Å². The minimum Gasteiger partial charge on any atom is -0.350 e. The Morgan fingerprint density at radius 1 is 1.05 bits per heavy atom. The first kappa shape index (κ1) is 14.1. The number of hydrogen-bond acceptors (Lipinski definition) is 5. The van der Waals surface area contributed by atoms with Crippen molar-refractivity contribution in [2.24, 2.45) is 0 Å². The first-order valence-corrected chi connectivity index (χ1v) is 7.66. The van der Waals surface area contributed by atoms with Gasteiger partial charge in [0.15, 0.2) is 5.82 Å². The Kier molecular flexibility index (Phi) is 4.50. The van der Waals surface area contributed by atoms with Crippen molar-refractivity contribution in [2.45, 2.75) is 38.1 Å². The van der Waals surface area contributed by atoms with Gasteiger partial charge in [0.25, 0.3) is 0 Å². The van der Waals surface area contributed by atoms with E-state index < -0.39 is 0 Å². The molecule has 3 rings (SSSR count). The van der Waals surface area contributed by atoms with Gasteiger partial charge >= 0.3 is 0 Å². The highest BCUT2D eigenvalue weighted by Gasteiger charge is 2.14. The van der Waals surface area contributed by atoms with Crippen LogP contribution in [0.4, 0.5) is 17.5 Å². The van der Waals surface area contributed by atoms with E-state index in [0.717, 1.165) is 5.69 Å². The molecule has 2 aromatic rings. The Bertz CT molecular complexity index is 581. The summed E-state index contributed by atoms with van der Waals surface area (Å²) in [5.74, 6) is 1.26. The third-order valence-electron chi connectivity index (χ3n) is 3.61. The highest BCUT2D eigenvalue weighted by molar-refractivity contribution is 6.30. The van der Waals surface area contributed by atoms with Crippen LogP contribution >= 0.6 is 11.6 Å². The zero-order chi connectivity index (χ0) is 14.5. The maximum absolute atomic E-state index is 5.87. The second-order valence-corrected chi connectivity index (χ2v) is 5.71. The topological polar surface area (TPSA) is 62.7 Å². The predicted octanol–water partition coefficient (Wildman–Crippen LogP) is 4.01. The molecule has 1 heterocycles. The third kappa shape index (κ3) is 4.04. The number of anilines is 3. The number of halogens is 1. The molecule has 21 heavy (non-hydrogen) atoms. The van der Waals surface area contributed by atoms with Crippen molar-refractivity contribution >= 4 is 29.1 Å². The van der Waals surface area contributed by atoms with E-state index in [-0.39, 0.29) is 0 Å². The number of hydrogen-bond donors (Lipinski definition) is 2. The van der Waals surface area contributed by atoms with Crippen molar-refractivity contribution in [3.63, 3.8) is 0 Å². The average molecular weight is 304 g/mol. The molecule has 0 radical (unpaired) electrons. The molecule has 1 fully saturated rings. The monoisotopic (exact) mass is 303 g/mol. The van der Waals surface area contributed by atoms with Gasteiger partial charge in [0, 0.05) is 16.8 Å². The Balaban J connectivity index is 1.66. The largest absolute Gasteiger partial charge is 0.350 e. The molecule has 0 amide bonds. The summed E-state index contributed by atoms with van der Waals surface area (Å²) in [7, 11) is 0. The van der Waals surface area contributed by atoms with Gasteiger partial charge in [0.1, 0.15) is 0 Å². The van der Waals surface area contributed by atoms with E-state index in [4.69, 9.17) is 11.6 Å². The normalized spacial score (nSPS) is 15.7. The Labute approximate surface area is 129 Å². The van der Waals surface area contributed by atoms with Crippen molar-refractivity contribution in [3.8, 4) is 0 Å². The summed E-state index contributed by atoms with van der Waals surface area (Å²) in [6.45, 7) is 0. The van der Waals surface area contributed by atoms with Gasteiger partial charge in [-0.25, -0.2) is 0 Å². The van der Waals surface area contributed by atoms with Gasteiger partial charge < -0.3 is 10.6 Å². The molecule has 6 heteroatoms. The first-order valence-electron chi connectivity index (χ1n) is 7.28. The van der Waals surface area contributed by atoms with E-state index in [1.54, 1.807) is 6.20 Å². The summed E-state index contributed by atoms with van der Waals surface area (Å²) in [5.41, 5.74) is 0.920. The Hall–Kier alpha value is -1.88. The van der Waals surface area contributed by atoms with Gasteiger partial charge in [0.2, 0.25) is 5.95 Å². The standard InChI is InChI=1S/C15H18ClN5/c16-11-6-8-13(9-7-11)18-14-10-17-21-15(20-14)19-12-4-2-1-3-5-12/h6-10,12H,1-5H2,(H2,18,19,20,21). The van der Waals surface area contributed by atoms with Gasteiger partial charge in [-0.1, -0.05) is 30.9 Å². The van der Waals surface area contributed by atoms with Gasteiger partial charge in [0.05, 0.1) is 6.20 Å². The molecule has 0 aliphatic heterocycles. The van der Waals surface area contributed by atoms with E-state index in [9.17, 15) is 0 Å². The molecular formula is C15H18ClN5. The molecular weight excluding hydrogens is 286 g/mol. The summed E-state index contributed by atoms with van der Waals surface area (Å²) >= 11 is 5.87. The van der Waals surface area contributed by atoms with E-state index in [0.29, 0.717) is 22.8 Å².